The number of rotatable bonds is 4. The molecule has 1 saturated heterocycles. The van der Waals surface area contributed by atoms with Gasteiger partial charge in [0.25, 0.3) is 0 Å². The van der Waals surface area contributed by atoms with Crippen LogP contribution in [0.1, 0.15) is 27.2 Å². The van der Waals surface area contributed by atoms with Gasteiger partial charge in [-0.25, -0.2) is 0 Å². The minimum Gasteiger partial charge on any atom is -0.335 e. The molecule has 1 aliphatic heterocycles. The van der Waals surface area contributed by atoms with E-state index in [2.05, 4.69) is 11.8 Å². The number of piperazine rings is 1. The van der Waals surface area contributed by atoms with Crippen molar-refractivity contribution in [2.24, 2.45) is 0 Å². The lowest BCUT2D eigenvalue weighted by Crippen LogP contribution is -2.57. The van der Waals surface area contributed by atoms with Gasteiger partial charge in [-0.05, 0) is 20.8 Å². The summed E-state index contributed by atoms with van der Waals surface area (Å²) < 4.78 is 0. The predicted octanol–water partition coefficient (Wildman–Crippen LogP) is 0.516. The Morgan fingerprint density at radius 1 is 1.53 bits per heavy atom. The minimum atomic E-state index is 0.176. The zero-order chi connectivity index (χ0) is 11.4. The van der Waals surface area contributed by atoms with Crippen molar-refractivity contribution >= 4 is 12.2 Å². The number of carbonyl (C=O) groups excluding carboxylic acids is 2. The topological polar surface area (TPSA) is 40.6 Å². The van der Waals surface area contributed by atoms with E-state index in [9.17, 15) is 9.59 Å². The van der Waals surface area contributed by atoms with Crippen LogP contribution in [0.3, 0.4) is 0 Å². The molecule has 1 amide bonds. The van der Waals surface area contributed by atoms with Gasteiger partial charge < -0.3 is 9.69 Å². The van der Waals surface area contributed by atoms with Crippen LogP contribution >= 0.6 is 0 Å². The number of hydrogen-bond donors (Lipinski definition) is 0. The predicted molar refractivity (Wildman–Crippen MR) is 58.6 cm³/mol. The van der Waals surface area contributed by atoms with Gasteiger partial charge in [0.1, 0.15) is 6.29 Å². The molecule has 0 N–H and O–H groups in total. The number of nitrogens with zero attached hydrogens (tertiary/aromatic N) is 2. The number of aldehydes is 1. The maximum Gasteiger partial charge on any atom is 0.237 e. The molecule has 0 aromatic carbocycles. The van der Waals surface area contributed by atoms with Gasteiger partial charge in [0.05, 0.1) is 6.54 Å². The molecule has 86 valence electrons. The number of carbonyl (C=O) groups is 2. The monoisotopic (exact) mass is 212 g/mol. The van der Waals surface area contributed by atoms with E-state index in [1.807, 2.05) is 18.7 Å². The molecule has 0 aromatic heterocycles. The minimum absolute atomic E-state index is 0.176. The standard InChI is InChI=1S/C11H20N2O2/c1-9(2)13-10(3)7-12(5-4-6-14)8-11(13)15/h6,9-10H,4-5,7-8H2,1-3H3. The highest BCUT2D eigenvalue weighted by Gasteiger charge is 2.30. The summed E-state index contributed by atoms with van der Waals surface area (Å²) in [6.07, 6.45) is 1.42. The molecule has 1 unspecified atom stereocenters. The highest BCUT2D eigenvalue weighted by atomic mass is 16.2. The molecule has 0 aromatic rings. The quantitative estimate of drug-likeness (QED) is 0.638. The van der Waals surface area contributed by atoms with E-state index in [1.165, 1.54) is 0 Å². The second-order valence-corrected chi connectivity index (χ2v) is 4.43. The van der Waals surface area contributed by atoms with Gasteiger partial charge in [-0.1, -0.05) is 0 Å². The molecule has 0 saturated carbocycles. The van der Waals surface area contributed by atoms with Crippen LogP contribution in [0.5, 0.6) is 0 Å². The Kier molecular flexibility index (Phi) is 4.27. The molecule has 15 heavy (non-hydrogen) atoms. The summed E-state index contributed by atoms with van der Waals surface area (Å²) in [6, 6.07) is 0.513. The smallest absolute Gasteiger partial charge is 0.237 e. The summed E-state index contributed by atoms with van der Waals surface area (Å²) in [5.74, 6) is 0.176. The lowest BCUT2D eigenvalue weighted by Gasteiger charge is -2.41. The maximum atomic E-state index is 11.8. The summed E-state index contributed by atoms with van der Waals surface area (Å²) in [7, 11) is 0. The summed E-state index contributed by atoms with van der Waals surface area (Å²) in [5.41, 5.74) is 0. The van der Waals surface area contributed by atoms with E-state index in [-0.39, 0.29) is 18.0 Å². The van der Waals surface area contributed by atoms with Crippen LogP contribution in [0, 0.1) is 0 Å². The number of hydrogen-bond acceptors (Lipinski definition) is 3. The summed E-state index contributed by atoms with van der Waals surface area (Å²) >= 11 is 0. The van der Waals surface area contributed by atoms with Gasteiger partial charge in [-0.15, -0.1) is 0 Å². The molecular weight excluding hydrogens is 192 g/mol. The van der Waals surface area contributed by atoms with E-state index >= 15 is 0 Å². The first-order valence-electron chi connectivity index (χ1n) is 5.53. The Bertz CT molecular complexity index is 241. The fraction of sp³-hybridized carbons (Fsp3) is 0.818. The third-order valence-electron chi connectivity index (χ3n) is 2.76. The number of amides is 1. The van der Waals surface area contributed by atoms with Gasteiger partial charge in [-0.3, -0.25) is 9.69 Å². The van der Waals surface area contributed by atoms with Crippen LogP contribution in [0.4, 0.5) is 0 Å². The average Bonchev–Trinajstić information content (AvgIpc) is 2.12. The van der Waals surface area contributed by atoms with Crippen LogP contribution < -0.4 is 0 Å². The van der Waals surface area contributed by atoms with Gasteiger partial charge in [-0.2, -0.15) is 0 Å². The Labute approximate surface area is 91.2 Å². The van der Waals surface area contributed by atoms with Crippen molar-refractivity contribution in [3.8, 4) is 0 Å². The Balaban J connectivity index is 2.54. The second-order valence-electron chi connectivity index (χ2n) is 4.43. The van der Waals surface area contributed by atoms with Crippen molar-refractivity contribution in [1.82, 2.24) is 9.80 Å². The molecule has 4 nitrogen and oxygen atoms in total. The SMILES string of the molecule is CC(C)N1C(=O)CN(CCC=O)CC1C. The Morgan fingerprint density at radius 3 is 2.67 bits per heavy atom. The highest BCUT2D eigenvalue weighted by molar-refractivity contribution is 5.79. The molecule has 1 rings (SSSR count). The van der Waals surface area contributed by atoms with Crippen molar-refractivity contribution in [3.63, 3.8) is 0 Å². The molecule has 0 aliphatic carbocycles. The zero-order valence-electron chi connectivity index (χ0n) is 9.77. The third kappa shape index (κ3) is 3.02. The molecular formula is C11H20N2O2. The van der Waals surface area contributed by atoms with Crippen molar-refractivity contribution in [1.29, 1.82) is 0 Å². The largest absolute Gasteiger partial charge is 0.335 e. The average molecular weight is 212 g/mol. The molecule has 4 heteroatoms. The molecule has 1 atom stereocenters. The zero-order valence-corrected chi connectivity index (χ0v) is 9.77. The second kappa shape index (κ2) is 5.26. The van der Waals surface area contributed by atoms with Crippen LogP contribution in [0.25, 0.3) is 0 Å². The van der Waals surface area contributed by atoms with E-state index in [0.29, 0.717) is 19.5 Å². The highest BCUT2D eigenvalue weighted by Crippen LogP contribution is 2.13. The molecule has 0 spiro atoms. The molecule has 1 aliphatic rings. The maximum absolute atomic E-state index is 11.8. The van der Waals surface area contributed by atoms with Gasteiger partial charge >= 0.3 is 0 Å². The van der Waals surface area contributed by atoms with Crippen LogP contribution in [-0.4, -0.2) is 53.7 Å². The fourth-order valence-corrected chi connectivity index (χ4v) is 2.25. The molecule has 1 heterocycles. The van der Waals surface area contributed by atoms with Crippen molar-refractivity contribution < 1.29 is 9.59 Å². The Hall–Kier alpha value is -0.900. The first kappa shape index (κ1) is 12.2. The molecule has 0 radical (unpaired) electrons. The van der Waals surface area contributed by atoms with Gasteiger partial charge in [0, 0.05) is 31.6 Å². The first-order chi connectivity index (χ1) is 7.06. The molecule has 1 fully saturated rings. The summed E-state index contributed by atoms with van der Waals surface area (Å²) in [6.45, 7) is 8.16. The lowest BCUT2D eigenvalue weighted by molar-refractivity contribution is -0.141. The summed E-state index contributed by atoms with van der Waals surface area (Å²) in [4.78, 5) is 26.1. The normalized spacial score (nSPS) is 23.6. The van der Waals surface area contributed by atoms with Crippen LogP contribution in [0.2, 0.25) is 0 Å². The van der Waals surface area contributed by atoms with E-state index in [1.54, 1.807) is 0 Å². The lowest BCUT2D eigenvalue weighted by atomic mass is 10.1. The van der Waals surface area contributed by atoms with Crippen LogP contribution in [0.15, 0.2) is 0 Å². The van der Waals surface area contributed by atoms with Crippen molar-refractivity contribution in [2.75, 3.05) is 19.6 Å². The van der Waals surface area contributed by atoms with E-state index in [0.717, 1.165) is 12.8 Å². The molecule has 0 bridgehead atoms. The van der Waals surface area contributed by atoms with E-state index < -0.39 is 0 Å². The van der Waals surface area contributed by atoms with Crippen molar-refractivity contribution in [3.05, 3.63) is 0 Å². The van der Waals surface area contributed by atoms with Gasteiger partial charge in [0.2, 0.25) is 5.91 Å². The fourth-order valence-electron chi connectivity index (χ4n) is 2.25. The third-order valence-corrected chi connectivity index (χ3v) is 2.76. The first-order valence-corrected chi connectivity index (χ1v) is 5.53. The van der Waals surface area contributed by atoms with E-state index in [4.69, 9.17) is 0 Å². The Morgan fingerprint density at radius 2 is 2.20 bits per heavy atom. The van der Waals surface area contributed by atoms with Gasteiger partial charge in [0.15, 0.2) is 0 Å². The van der Waals surface area contributed by atoms with Crippen LogP contribution in [-0.2, 0) is 9.59 Å². The van der Waals surface area contributed by atoms with Crippen molar-refractivity contribution in [2.45, 2.75) is 39.3 Å². The summed E-state index contributed by atoms with van der Waals surface area (Å²) in [5, 5.41) is 0.